The van der Waals surface area contributed by atoms with Crippen molar-refractivity contribution in [3.05, 3.63) is 77.9 Å². The van der Waals surface area contributed by atoms with Gasteiger partial charge in [-0.05, 0) is 45.2 Å². The molecule has 5 nitrogen and oxygen atoms in total. The summed E-state index contributed by atoms with van der Waals surface area (Å²) < 4.78 is 10.8. The van der Waals surface area contributed by atoms with Gasteiger partial charge in [-0.15, -0.1) is 0 Å². The second-order valence-electron chi connectivity index (χ2n) is 8.11. The average Bonchev–Trinajstić information content (AvgIpc) is 2.68. The van der Waals surface area contributed by atoms with Crippen LogP contribution in [0.1, 0.15) is 45.2 Å². The Balaban J connectivity index is 2.37. The van der Waals surface area contributed by atoms with Crippen LogP contribution in [0.5, 0.6) is 0 Å². The van der Waals surface area contributed by atoms with Gasteiger partial charge >= 0.3 is 12.1 Å². The van der Waals surface area contributed by atoms with Crippen molar-refractivity contribution in [3.63, 3.8) is 0 Å². The maximum Gasteiger partial charge on any atom is 0.408 e. The Hall–Kier alpha value is -3.08. The van der Waals surface area contributed by atoms with E-state index in [0.717, 1.165) is 11.1 Å². The van der Waals surface area contributed by atoms with E-state index in [9.17, 15) is 9.59 Å². The SMILES string of the molecule is CCOC(=O)[C@](CC=Cc1ccccc1)(Cc1ccccc1)NC(=O)OC(C)(C)C. The topological polar surface area (TPSA) is 64.6 Å². The zero-order valence-electron chi connectivity index (χ0n) is 18.2. The van der Waals surface area contributed by atoms with Crippen LogP contribution in [0.15, 0.2) is 66.7 Å². The first-order valence-electron chi connectivity index (χ1n) is 10.2. The van der Waals surface area contributed by atoms with Gasteiger partial charge in [0.05, 0.1) is 6.61 Å². The summed E-state index contributed by atoms with van der Waals surface area (Å²) in [6.45, 7) is 7.31. The van der Waals surface area contributed by atoms with Crippen LogP contribution in [-0.4, -0.2) is 29.8 Å². The molecule has 1 N–H and O–H groups in total. The summed E-state index contributed by atoms with van der Waals surface area (Å²) in [6, 6.07) is 19.3. The molecule has 0 aliphatic heterocycles. The zero-order valence-corrected chi connectivity index (χ0v) is 18.2. The Labute approximate surface area is 179 Å². The summed E-state index contributed by atoms with van der Waals surface area (Å²) in [6.07, 6.45) is 3.70. The van der Waals surface area contributed by atoms with Crippen molar-refractivity contribution >= 4 is 18.1 Å². The van der Waals surface area contributed by atoms with E-state index >= 15 is 0 Å². The third-order valence-electron chi connectivity index (χ3n) is 4.33. The van der Waals surface area contributed by atoms with Gasteiger partial charge in [0.15, 0.2) is 0 Å². The monoisotopic (exact) mass is 409 g/mol. The standard InChI is InChI=1S/C25H31NO4/c1-5-29-22(27)25(19-21-15-10-7-11-16-21,26-23(28)30-24(2,3)4)18-12-17-20-13-8-6-9-14-20/h6-17H,5,18-19H2,1-4H3,(H,26,28)/t25-/m0/s1. The van der Waals surface area contributed by atoms with Crippen LogP contribution < -0.4 is 5.32 Å². The molecule has 2 aromatic rings. The van der Waals surface area contributed by atoms with E-state index < -0.39 is 23.2 Å². The van der Waals surface area contributed by atoms with Crippen LogP contribution in [0.3, 0.4) is 0 Å². The molecule has 0 spiro atoms. The molecule has 2 rings (SSSR count). The lowest BCUT2D eigenvalue weighted by molar-refractivity contribution is -0.151. The molecule has 160 valence electrons. The largest absolute Gasteiger partial charge is 0.464 e. The normalized spacial score (nSPS) is 13.5. The van der Waals surface area contributed by atoms with E-state index in [0.29, 0.717) is 0 Å². The Morgan fingerprint density at radius 1 is 0.967 bits per heavy atom. The molecule has 0 aliphatic rings. The first-order valence-corrected chi connectivity index (χ1v) is 10.2. The molecule has 30 heavy (non-hydrogen) atoms. The Morgan fingerprint density at radius 2 is 1.57 bits per heavy atom. The molecule has 1 atom stereocenters. The second kappa shape index (κ2) is 10.6. The van der Waals surface area contributed by atoms with Crippen molar-refractivity contribution in [2.75, 3.05) is 6.61 Å². The predicted octanol–water partition coefficient (Wildman–Crippen LogP) is 5.16. The summed E-state index contributed by atoms with van der Waals surface area (Å²) in [4.78, 5) is 25.7. The average molecular weight is 410 g/mol. The van der Waals surface area contributed by atoms with Gasteiger partial charge in [-0.3, -0.25) is 0 Å². The van der Waals surface area contributed by atoms with Crippen LogP contribution >= 0.6 is 0 Å². The number of alkyl carbamates (subject to hydrolysis) is 1. The number of hydrogen-bond donors (Lipinski definition) is 1. The highest BCUT2D eigenvalue weighted by molar-refractivity contribution is 5.86. The van der Waals surface area contributed by atoms with E-state index in [1.807, 2.05) is 72.8 Å². The van der Waals surface area contributed by atoms with E-state index in [2.05, 4.69) is 5.32 Å². The fraction of sp³-hybridized carbons (Fsp3) is 0.360. The Bertz CT molecular complexity index is 840. The maximum absolute atomic E-state index is 13.1. The minimum atomic E-state index is -1.29. The first-order chi connectivity index (χ1) is 14.2. The highest BCUT2D eigenvalue weighted by atomic mass is 16.6. The third-order valence-corrected chi connectivity index (χ3v) is 4.33. The summed E-state index contributed by atoms with van der Waals surface area (Å²) in [5.41, 5.74) is -0.0517. The number of carbonyl (C=O) groups excluding carboxylic acids is 2. The van der Waals surface area contributed by atoms with Gasteiger partial charge in [-0.1, -0.05) is 72.8 Å². The smallest absolute Gasteiger partial charge is 0.408 e. The van der Waals surface area contributed by atoms with Crippen molar-refractivity contribution in [2.45, 2.75) is 51.7 Å². The molecule has 0 aliphatic carbocycles. The first kappa shape index (κ1) is 23.2. The van der Waals surface area contributed by atoms with Gasteiger partial charge < -0.3 is 14.8 Å². The number of amides is 1. The number of ether oxygens (including phenoxy) is 2. The van der Waals surface area contributed by atoms with Gasteiger partial charge in [-0.25, -0.2) is 9.59 Å². The molecule has 1 amide bonds. The number of nitrogens with one attached hydrogen (secondary N) is 1. The summed E-state index contributed by atoms with van der Waals surface area (Å²) >= 11 is 0. The van der Waals surface area contributed by atoms with Crippen molar-refractivity contribution in [1.29, 1.82) is 0 Å². The lowest BCUT2D eigenvalue weighted by Gasteiger charge is -2.33. The fourth-order valence-corrected chi connectivity index (χ4v) is 3.05. The van der Waals surface area contributed by atoms with Crippen LogP contribution in [0.25, 0.3) is 6.08 Å². The van der Waals surface area contributed by atoms with E-state index in [4.69, 9.17) is 9.47 Å². The lowest BCUT2D eigenvalue weighted by Crippen LogP contribution is -2.57. The minimum Gasteiger partial charge on any atom is -0.464 e. The minimum absolute atomic E-state index is 0.216. The Morgan fingerprint density at radius 3 is 2.13 bits per heavy atom. The van der Waals surface area contributed by atoms with Crippen LogP contribution in [0.4, 0.5) is 4.79 Å². The molecule has 0 unspecified atom stereocenters. The van der Waals surface area contributed by atoms with Crippen LogP contribution in [0, 0.1) is 0 Å². The van der Waals surface area contributed by atoms with Gasteiger partial charge in [0.1, 0.15) is 11.1 Å². The number of esters is 1. The predicted molar refractivity (Wildman–Crippen MR) is 119 cm³/mol. The zero-order chi connectivity index (χ0) is 22.0. The molecular weight excluding hydrogens is 378 g/mol. The Kier molecular flexibility index (Phi) is 8.22. The van der Waals surface area contributed by atoms with E-state index in [1.165, 1.54) is 0 Å². The van der Waals surface area contributed by atoms with Gasteiger partial charge in [0, 0.05) is 6.42 Å². The number of benzene rings is 2. The molecule has 0 fully saturated rings. The maximum atomic E-state index is 13.1. The molecule has 0 bridgehead atoms. The van der Waals surface area contributed by atoms with Gasteiger partial charge in [-0.2, -0.15) is 0 Å². The lowest BCUT2D eigenvalue weighted by atomic mass is 9.87. The van der Waals surface area contributed by atoms with Gasteiger partial charge in [0.25, 0.3) is 0 Å². The fourth-order valence-electron chi connectivity index (χ4n) is 3.05. The second-order valence-corrected chi connectivity index (χ2v) is 8.11. The summed E-state index contributed by atoms with van der Waals surface area (Å²) in [5.74, 6) is -0.488. The summed E-state index contributed by atoms with van der Waals surface area (Å²) in [7, 11) is 0. The molecular formula is C25H31NO4. The highest BCUT2D eigenvalue weighted by Gasteiger charge is 2.41. The number of rotatable bonds is 8. The van der Waals surface area contributed by atoms with E-state index in [1.54, 1.807) is 27.7 Å². The van der Waals surface area contributed by atoms with Crippen LogP contribution in [-0.2, 0) is 20.7 Å². The molecule has 0 saturated carbocycles. The van der Waals surface area contributed by atoms with Crippen molar-refractivity contribution in [1.82, 2.24) is 5.32 Å². The summed E-state index contributed by atoms with van der Waals surface area (Å²) in [5, 5.41) is 2.82. The van der Waals surface area contributed by atoms with E-state index in [-0.39, 0.29) is 19.4 Å². The molecule has 5 heteroatoms. The molecule has 0 radical (unpaired) electrons. The van der Waals surface area contributed by atoms with Crippen molar-refractivity contribution in [2.24, 2.45) is 0 Å². The van der Waals surface area contributed by atoms with Crippen molar-refractivity contribution in [3.8, 4) is 0 Å². The molecule has 0 heterocycles. The molecule has 0 saturated heterocycles. The molecule has 0 aromatic heterocycles. The number of hydrogen-bond acceptors (Lipinski definition) is 4. The third kappa shape index (κ3) is 7.39. The molecule has 2 aromatic carbocycles. The number of carbonyl (C=O) groups is 2. The van der Waals surface area contributed by atoms with Gasteiger partial charge in [0.2, 0.25) is 0 Å². The van der Waals surface area contributed by atoms with Crippen molar-refractivity contribution < 1.29 is 19.1 Å². The highest BCUT2D eigenvalue weighted by Crippen LogP contribution is 2.23. The van der Waals surface area contributed by atoms with Crippen LogP contribution in [0.2, 0.25) is 0 Å². The quantitative estimate of drug-likeness (QED) is 0.612.